The largest absolute Gasteiger partial charge is 0.504 e. The van der Waals surface area contributed by atoms with Gasteiger partial charge in [-0.25, -0.2) is 0 Å². The number of ether oxygens (including phenoxy) is 2. The molecular formula is C19H25NO7S. The van der Waals surface area contributed by atoms with Gasteiger partial charge in [-0.15, -0.1) is 0 Å². The van der Waals surface area contributed by atoms with Crippen molar-refractivity contribution in [2.45, 2.75) is 42.1 Å². The SMILES string of the molecule is COc1ccc2c(c1O)[C@@]13CCN(C)[C@@H](C2)[C@H]1C[C@@](OC)(S(=O)(=O)O)C(=O)C3. The summed E-state index contributed by atoms with van der Waals surface area (Å²) in [6.07, 6.45) is 0.931. The van der Waals surface area contributed by atoms with Crippen LogP contribution in [0.5, 0.6) is 11.5 Å². The van der Waals surface area contributed by atoms with E-state index < -0.39 is 26.2 Å². The van der Waals surface area contributed by atoms with Crippen molar-refractivity contribution in [1.82, 2.24) is 4.90 Å². The van der Waals surface area contributed by atoms with Crippen molar-refractivity contribution >= 4 is 15.9 Å². The molecule has 4 rings (SSSR count). The minimum Gasteiger partial charge on any atom is -0.504 e. The van der Waals surface area contributed by atoms with Crippen LogP contribution in [0.3, 0.4) is 0 Å². The molecule has 4 atom stereocenters. The number of Topliss-reactive ketones (excluding diaryl/α,β-unsaturated/α-hetero) is 1. The highest BCUT2D eigenvalue weighted by Gasteiger charge is 2.66. The maximum atomic E-state index is 13.1. The maximum absolute atomic E-state index is 13.1. The van der Waals surface area contributed by atoms with Gasteiger partial charge in [-0.05, 0) is 44.0 Å². The third-order valence-corrected chi connectivity index (χ3v) is 8.56. The first-order chi connectivity index (χ1) is 13.1. The second-order valence-corrected chi connectivity index (χ2v) is 9.76. The number of piperidine rings is 1. The molecule has 3 aliphatic rings. The molecule has 1 aromatic rings. The summed E-state index contributed by atoms with van der Waals surface area (Å²) >= 11 is 0. The number of carbonyl (C=O) groups is 1. The molecular weight excluding hydrogens is 386 g/mol. The van der Waals surface area contributed by atoms with Crippen LogP contribution in [0.4, 0.5) is 0 Å². The first-order valence-corrected chi connectivity index (χ1v) is 10.7. The highest BCUT2D eigenvalue weighted by atomic mass is 32.2. The van der Waals surface area contributed by atoms with E-state index in [1.165, 1.54) is 7.11 Å². The fraction of sp³-hybridized carbons (Fsp3) is 0.632. The first-order valence-electron chi connectivity index (χ1n) is 9.26. The van der Waals surface area contributed by atoms with E-state index in [0.29, 0.717) is 24.2 Å². The standard InChI is InChI=1S/C19H25NO7S/c1-20-7-6-18-10-15(21)19(27-3,28(23,24)25)9-12(18)13(20)8-11-4-5-14(26-2)17(22)16(11)18/h4-5,12-13,22H,6-10H2,1-3H3,(H,23,24,25)/t12-,13+,18-,19-/m1/s1. The molecule has 0 amide bonds. The number of nitrogens with zero attached hydrogens (tertiary/aromatic N) is 1. The lowest BCUT2D eigenvalue weighted by Crippen LogP contribution is -2.67. The van der Waals surface area contributed by atoms with Gasteiger partial charge in [0.2, 0.25) is 0 Å². The molecule has 0 radical (unpaired) electrons. The van der Waals surface area contributed by atoms with Crippen LogP contribution in [-0.4, -0.2) is 67.5 Å². The fourth-order valence-electron chi connectivity index (χ4n) is 5.76. The van der Waals surface area contributed by atoms with Crippen LogP contribution in [0.2, 0.25) is 0 Å². The normalized spacial score (nSPS) is 35.2. The summed E-state index contributed by atoms with van der Waals surface area (Å²) in [6.45, 7) is 0.719. The van der Waals surface area contributed by atoms with E-state index in [1.807, 2.05) is 13.1 Å². The number of carbonyl (C=O) groups excluding carboxylic acids is 1. The van der Waals surface area contributed by atoms with Gasteiger partial charge in [-0.3, -0.25) is 9.35 Å². The van der Waals surface area contributed by atoms with Crippen molar-refractivity contribution in [2.75, 3.05) is 27.8 Å². The Labute approximate surface area is 164 Å². The van der Waals surface area contributed by atoms with E-state index in [0.717, 1.165) is 19.2 Å². The zero-order valence-corrected chi connectivity index (χ0v) is 17.0. The van der Waals surface area contributed by atoms with Crippen LogP contribution in [0.15, 0.2) is 12.1 Å². The number of likely N-dealkylation sites (N-methyl/N-ethyl adjacent to an activating group) is 1. The van der Waals surface area contributed by atoms with E-state index in [1.54, 1.807) is 6.07 Å². The monoisotopic (exact) mass is 411 g/mol. The molecule has 28 heavy (non-hydrogen) atoms. The summed E-state index contributed by atoms with van der Waals surface area (Å²) in [6, 6.07) is 3.59. The van der Waals surface area contributed by atoms with Crippen molar-refractivity contribution in [3.63, 3.8) is 0 Å². The number of methoxy groups -OCH3 is 2. The van der Waals surface area contributed by atoms with Gasteiger partial charge < -0.3 is 19.5 Å². The summed E-state index contributed by atoms with van der Waals surface area (Å²) in [5.74, 6) is -0.615. The molecule has 1 aromatic carbocycles. The van der Waals surface area contributed by atoms with Gasteiger partial charge >= 0.3 is 10.1 Å². The lowest BCUT2D eigenvalue weighted by molar-refractivity contribution is -0.147. The molecule has 1 saturated carbocycles. The molecule has 1 saturated heterocycles. The number of phenols is 1. The van der Waals surface area contributed by atoms with Crippen molar-refractivity contribution in [1.29, 1.82) is 0 Å². The molecule has 2 fully saturated rings. The molecule has 154 valence electrons. The number of likely N-dealkylation sites (tertiary alicyclic amines) is 1. The predicted octanol–water partition coefficient (Wildman–Crippen LogP) is 1.11. The summed E-state index contributed by atoms with van der Waals surface area (Å²) < 4.78 is 44.6. The third-order valence-electron chi connectivity index (χ3n) is 7.16. The summed E-state index contributed by atoms with van der Waals surface area (Å²) in [5.41, 5.74) is 0.901. The number of hydrogen-bond acceptors (Lipinski definition) is 7. The van der Waals surface area contributed by atoms with E-state index in [2.05, 4.69) is 4.90 Å². The van der Waals surface area contributed by atoms with E-state index in [9.17, 15) is 22.9 Å². The lowest BCUT2D eigenvalue weighted by atomic mass is 9.51. The Morgan fingerprint density at radius 1 is 1.29 bits per heavy atom. The van der Waals surface area contributed by atoms with Crippen LogP contribution in [-0.2, 0) is 31.5 Å². The van der Waals surface area contributed by atoms with Crippen molar-refractivity contribution in [3.8, 4) is 11.5 Å². The van der Waals surface area contributed by atoms with E-state index in [4.69, 9.17) is 9.47 Å². The van der Waals surface area contributed by atoms with Crippen LogP contribution in [0.1, 0.15) is 30.4 Å². The second kappa shape index (κ2) is 6.16. The zero-order chi connectivity index (χ0) is 20.5. The Balaban J connectivity index is 1.95. The number of rotatable bonds is 3. The highest BCUT2D eigenvalue weighted by Crippen LogP contribution is 2.60. The minimum atomic E-state index is -4.77. The topological polar surface area (TPSA) is 113 Å². The van der Waals surface area contributed by atoms with Crippen LogP contribution in [0.25, 0.3) is 0 Å². The van der Waals surface area contributed by atoms with Crippen LogP contribution < -0.4 is 4.74 Å². The Morgan fingerprint density at radius 3 is 2.61 bits per heavy atom. The number of fused-ring (bicyclic) bond motifs is 1. The summed E-state index contributed by atoms with van der Waals surface area (Å²) in [5, 5.41) is 10.9. The average molecular weight is 411 g/mol. The summed E-state index contributed by atoms with van der Waals surface area (Å²) in [4.78, 5) is 13.0. The van der Waals surface area contributed by atoms with Crippen LogP contribution >= 0.6 is 0 Å². The predicted molar refractivity (Wildman–Crippen MR) is 100 cm³/mol. The molecule has 1 heterocycles. The molecule has 0 aromatic heterocycles. The summed E-state index contributed by atoms with van der Waals surface area (Å²) in [7, 11) is -0.185. The van der Waals surface area contributed by atoms with Crippen molar-refractivity contribution in [2.24, 2.45) is 5.92 Å². The van der Waals surface area contributed by atoms with Crippen molar-refractivity contribution in [3.05, 3.63) is 23.3 Å². The highest BCUT2D eigenvalue weighted by molar-refractivity contribution is 7.88. The number of aromatic hydroxyl groups is 1. The average Bonchev–Trinajstić information content (AvgIpc) is 2.63. The van der Waals surface area contributed by atoms with Gasteiger partial charge in [0.15, 0.2) is 17.3 Å². The van der Waals surface area contributed by atoms with E-state index in [-0.39, 0.29) is 30.6 Å². The van der Waals surface area contributed by atoms with Gasteiger partial charge in [-0.1, -0.05) is 6.07 Å². The van der Waals surface area contributed by atoms with Crippen molar-refractivity contribution < 1.29 is 32.3 Å². The van der Waals surface area contributed by atoms with Crippen LogP contribution in [0, 0.1) is 5.92 Å². The molecule has 0 spiro atoms. The van der Waals surface area contributed by atoms with Gasteiger partial charge in [0, 0.05) is 37.0 Å². The maximum Gasteiger partial charge on any atom is 0.302 e. The smallest absolute Gasteiger partial charge is 0.302 e. The Bertz CT molecular complexity index is 946. The molecule has 1 aliphatic heterocycles. The molecule has 2 bridgehead atoms. The minimum absolute atomic E-state index is 0.0116. The van der Waals surface area contributed by atoms with E-state index >= 15 is 0 Å². The lowest BCUT2D eigenvalue weighted by Gasteiger charge is -2.60. The Kier molecular flexibility index (Phi) is 4.32. The first kappa shape index (κ1) is 19.6. The van der Waals surface area contributed by atoms with Gasteiger partial charge in [0.05, 0.1) is 7.11 Å². The number of ketones is 1. The molecule has 2 N–H and O–H groups in total. The second-order valence-electron chi connectivity index (χ2n) is 8.15. The van der Waals surface area contributed by atoms with Gasteiger partial charge in [-0.2, -0.15) is 8.42 Å². The number of hydrogen-bond donors (Lipinski definition) is 2. The number of phenolic OH excluding ortho intramolecular Hbond substituents is 1. The molecule has 2 aliphatic carbocycles. The third kappa shape index (κ3) is 2.33. The number of benzene rings is 1. The quantitative estimate of drug-likeness (QED) is 0.711. The molecule has 8 nitrogen and oxygen atoms in total. The molecule has 0 unspecified atom stereocenters. The van der Waals surface area contributed by atoms with Gasteiger partial charge in [0.25, 0.3) is 4.93 Å². The Hall–Kier alpha value is -1.68. The zero-order valence-electron chi connectivity index (χ0n) is 16.1. The molecule has 9 heteroatoms. The Morgan fingerprint density at radius 2 is 2.00 bits per heavy atom. The fourth-order valence-corrected chi connectivity index (χ4v) is 6.72. The van der Waals surface area contributed by atoms with Gasteiger partial charge in [0.1, 0.15) is 0 Å².